The van der Waals surface area contributed by atoms with E-state index in [-0.39, 0.29) is 12.5 Å². The first-order valence-corrected chi connectivity index (χ1v) is 10.9. The number of aliphatic hydroxyl groups excluding tert-OH is 1. The molecule has 0 aliphatic heterocycles. The molecule has 0 aliphatic rings. The molecule has 1 atom stereocenters. The Morgan fingerprint density at radius 3 is 2.28 bits per heavy atom. The summed E-state index contributed by atoms with van der Waals surface area (Å²) in [5.74, 6) is 0.167. The Balaban J connectivity index is 2.15. The Morgan fingerprint density at radius 2 is 1.76 bits per heavy atom. The molecule has 1 aromatic carbocycles. The van der Waals surface area contributed by atoms with Crippen molar-refractivity contribution in [2.75, 3.05) is 13.2 Å². The minimum absolute atomic E-state index is 0.0998. The highest BCUT2D eigenvalue weighted by Crippen LogP contribution is 2.27. The molecule has 0 bridgehead atoms. The average molecular weight is 382 g/mol. The van der Waals surface area contributed by atoms with Gasteiger partial charge in [-0.15, -0.1) is 0 Å². The van der Waals surface area contributed by atoms with Crippen molar-refractivity contribution in [3.8, 4) is 0 Å². The second-order valence-electron chi connectivity index (χ2n) is 6.54. The summed E-state index contributed by atoms with van der Waals surface area (Å²) in [7, 11) is -3.56. The molecule has 2 rings (SSSR count). The van der Waals surface area contributed by atoms with E-state index in [0.29, 0.717) is 24.3 Å². The monoisotopic (exact) mass is 381 g/mol. The zero-order valence-electron chi connectivity index (χ0n) is 15.3. The van der Waals surface area contributed by atoms with E-state index in [4.69, 9.17) is 0 Å². The van der Waals surface area contributed by atoms with Crippen molar-refractivity contribution in [1.82, 2.24) is 4.72 Å². The largest absolute Gasteiger partial charge is 0.396 e. The van der Waals surface area contributed by atoms with Gasteiger partial charge in [0.05, 0.1) is 4.90 Å². The molecule has 0 saturated heterocycles. The number of hydrogen-bond donors (Lipinski definition) is 2. The summed E-state index contributed by atoms with van der Waals surface area (Å²) in [6.45, 7) is 8.05. The maximum Gasteiger partial charge on any atom is 0.241 e. The third-order valence-corrected chi connectivity index (χ3v) is 7.28. The SMILES string of the molecule is Cc1cc(C)c(C)c(S(=O)(=O)NCC[C@@H](CCO)c2ccsc2)c1C. The highest BCUT2D eigenvalue weighted by Gasteiger charge is 2.22. The second kappa shape index (κ2) is 8.45. The zero-order chi connectivity index (χ0) is 18.6. The van der Waals surface area contributed by atoms with E-state index in [2.05, 4.69) is 10.1 Å². The van der Waals surface area contributed by atoms with Gasteiger partial charge in [-0.3, -0.25) is 0 Å². The number of thiophene rings is 1. The lowest BCUT2D eigenvalue weighted by molar-refractivity contribution is 0.273. The first kappa shape index (κ1) is 20.1. The lowest BCUT2D eigenvalue weighted by atomic mass is 9.95. The van der Waals surface area contributed by atoms with Crippen molar-refractivity contribution in [1.29, 1.82) is 0 Å². The van der Waals surface area contributed by atoms with Gasteiger partial charge in [-0.25, -0.2) is 13.1 Å². The van der Waals surface area contributed by atoms with Crippen molar-refractivity contribution in [3.05, 3.63) is 50.7 Å². The molecule has 0 amide bonds. The van der Waals surface area contributed by atoms with E-state index in [0.717, 1.165) is 27.8 Å². The van der Waals surface area contributed by atoms with Crippen LogP contribution in [0.15, 0.2) is 27.8 Å². The van der Waals surface area contributed by atoms with Gasteiger partial charge < -0.3 is 5.11 Å². The van der Waals surface area contributed by atoms with Crippen LogP contribution in [0, 0.1) is 27.7 Å². The van der Waals surface area contributed by atoms with Gasteiger partial charge in [0.25, 0.3) is 0 Å². The number of hydrogen-bond acceptors (Lipinski definition) is 4. The van der Waals surface area contributed by atoms with Gasteiger partial charge in [0, 0.05) is 13.2 Å². The van der Waals surface area contributed by atoms with Gasteiger partial charge in [0.1, 0.15) is 0 Å². The van der Waals surface area contributed by atoms with Crippen LogP contribution in [0.1, 0.15) is 46.6 Å². The fourth-order valence-corrected chi connectivity index (χ4v) is 5.57. The maximum atomic E-state index is 12.8. The predicted molar refractivity (Wildman–Crippen MR) is 104 cm³/mol. The number of aryl methyl sites for hydroxylation is 2. The van der Waals surface area contributed by atoms with Gasteiger partial charge in [0.15, 0.2) is 0 Å². The van der Waals surface area contributed by atoms with Crippen molar-refractivity contribution in [2.24, 2.45) is 0 Å². The van der Waals surface area contributed by atoms with E-state index in [1.165, 1.54) is 0 Å². The summed E-state index contributed by atoms with van der Waals surface area (Å²) < 4.78 is 28.4. The summed E-state index contributed by atoms with van der Waals surface area (Å²) in [5, 5.41) is 13.3. The first-order valence-electron chi connectivity index (χ1n) is 8.48. The normalized spacial score (nSPS) is 13.2. The highest BCUT2D eigenvalue weighted by molar-refractivity contribution is 7.89. The molecule has 0 unspecified atom stereocenters. The van der Waals surface area contributed by atoms with Crippen molar-refractivity contribution >= 4 is 21.4 Å². The first-order chi connectivity index (χ1) is 11.8. The third kappa shape index (κ3) is 4.70. The van der Waals surface area contributed by atoms with E-state index in [1.54, 1.807) is 11.3 Å². The molecule has 0 aliphatic carbocycles. The second-order valence-corrected chi connectivity index (χ2v) is 9.03. The lowest BCUT2D eigenvalue weighted by Gasteiger charge is -2.18. The molecular formula is C19H27NO3S2. The van der Waals surface area contributed by atoms with Crippen LogP contribution in [-0.4, -0.2) is 26.7 Å². The topological polar surface area (TPSA) is 66.4 Å². The number of aliphatic hydroxyl groups is 1. The highest BCUT2D eigenvalue weighted by atomic mass is 32.2. The Hall–Kier alpha value is -1.21. The molecule has 1 heterocycles. The molecule has 138 valence electrons. The summed E-state index contributed by atoms with van der Waals surface area (Å²) >= 11 is 1.62. The Labute approximate surface area is 155 Å². The van der Waals surface area contributed by atoms with E-state index in [9.17, 15) is 13.5 Å². The van der Waals surface area contributed by atoms with Crippen LogP contribution in [0.2, 0.25) is 0 Å². The van der Waals surface area contributed by atoms with Gasteiger partial charge in [-0.1, -0.05) is 6.07 Å². The molecule has 6 heteroatoms. The standard InChI is InChI=1S/C19H27NO3S2/c1-13-11-14(2)16(4)19(15(13)3)25(22,23)20-8-5-17(6-9-21)18-7-10-24-12-18/h7,10-12,17,20-21H,5-6,8-9H2,1-4H3/t17-/m0/s1. The average Bonchev–Trinajstić information content (AvgIpc) is 3.06. The molecule has 0 saturated carbocycles. The van der Waals surface area contributed by atoms with E-state index >= 15 is 0 Å². The molecule has 1 aromatic heterocycles. The Bertz CT molecular complexity index is 785. The van der Waals surface area contributed by atoms with Crippen LogP contribution in [-0.2, 0) is 10.0 Å². The van der Waals surface area contributed by atoms with Crippen molar-refractivity contribution in [2.45, 2.75) is 51.3 Å². The van der Waals surface area contributed by atoms with Crippen LogP contribution < -0.4 is 4.72 Å². The molecule has 0 spiro atoms. The third-order valence-electron chi connectivity index (χ3n) is 4.84. The van der Waals surface area contributed by atoms with Crippen molar-refractivity contribution < 1.29 is 13.5 Å². The molecule has 25 heavy (non-hydrogen) atoms. The summed E-state index contributed by atoms with van der Waals surface area (Å²) in [6.07, 6.45) is 1.31. The Morgan fingerprint density at radius 1 is 1.12 bits per heavy atom. The summed E-state index contributed by atoms with van der Waals surface area (Å²) in [5.41, 5.74) is 4.75. The van der Waals surface area contributed by atoms with Crippen LogP contribution in [0.3, 0.4) is 0 Å². The minimum Gasteiger partial charge on any atom is -0.396 e. The smallest absolute Gasteiger partial charge is 0.241 e. The Kier molecular flexibility index (Phi) is 6.79. The zero-order valence-corrected chi connectivity index (χ0v) is 16.9. The van der Waals surface area contributed by atoms with Gasteiger partial charge in [0.2, 0.25) is 10.0 Å². The molecule has 0 radical (unpaired) electrons. The van der Waals surface area contributed by atoms with Crippen LogP contribution in [0.25, 0.3) is 0 Å². The van der Waals surface area contributed by atoms with Crippen LogP contribution in [0.5, 0.6) is 0 Å². The van der Waals surface area contributed by atoms with E-state index in [1.807, 2.05) is 45.2 Å². The van der Waals surface area contributed by atoms with Gasteiger partial charge >= 0.3 is 0 Å². The fraction of sp³-hybridized carbons (Fsp3) is 0.474. The maximum absolute atomic E-state index is 12.8. The van der Waals surface area contributed by atoms with Crippen LogP contribution in [0.4, 0.5) is 0 Å². The van der Waals surface area contributed by atoms with E-state index < -0.39 is 10.0 Å². The van der Waals surface area contributed by atoms with Crippen molar-refractivity contribution in [3.63, 3.8) is 0 Å². The molecule has 4 nitrogen and oxygen atoms in total. The number of nitrogens with one attached hydrogen (secondary N) is 1. The van der Waals surface area contributed by atoms with Gasteiger partial charge in [-0.05, 0) is 91.1 Å². The summed E-state index contributed by atoms with van der Waals surface area (Å²) in [6, 6.07) is 4.06. The molecule has 2 aromatic rings. The minimum atomic E-state index is -3.56. The summed E-state index contributed by atoms with van der Waals surface area (Å²) in [4.78, 5) is 0.402. The predicted octanol–water partition coefficient (Wildman–Crippen LogP) is 3.82. The molecule has 2 N–H and O–H groups in total. The molecule has 0 fully saturated rings. The fourth-order valence-electron chi connectivity index (χ4n) is 3.16. The number of benzene rings is 1. The number of rotatable bonds is 8. The molecular weight excluding hydrogens is 354 g/mol. The number of sulfonamides is 1. The van der Waals surface area contributed by atoms with Gasteiger partial charge in [-0.2, -0.15) is 11.3 Å². The lowest BCUT2D eigenvalue weighted by Crippen LogP contribution is -2.28. The quantitative estimate of drug-likeness (QED) is 0.730. The van der Waals surface area contributed by atoms with Crippen LogP contribution >= 0.6 is 11.3 Å².